The second-order valence-electron chi connectivity index (χ2n) is 3.63. The van der Waals surface area contributed by atoms with Gasteiger partial charge in [-0.3, -0.25) is 0 Å². The molecule has 0 spiro atoms. The second kappa shape index (κ2) is 6.71. The van der Waals surface area contributed by atoms with Gasteiger partial charge < -0.3 is 18.9 Å². The highest BCUT2D eigenvalue weighted by Gasteiger charge is 2.35. The monoisotopic (exact) mass is 240 g/mol. The Labute approximate surface area is 102 Å². The van der Waals surface area contributed by atoms with Crippen molar-refractivity contribution >= 4 is 0 Å². The molecule has 1 aromatic rings. The molecule has 4 nitrogen and oxygen atoms in total. The van der Waals surface area contributed by atoms with Gasteiger partial charge in [-0.1, -0.05) is 30.3 Å². The molecule has 0 fully saturated rings. The van der Waals surface area contributed by atoms with E-state index < -0.39 is 5.79 Å². The molecule has 0 unspecified atom stereocenters. The van der Waals surface area contributed by atoms with Crippen LogP contribution in [0, 0.1) is 0 Å². The zero-order chi connectivity index (χ0) is 12.7. The van der Waals surface area contributed by atoms with Crippen molar-refractivity contribution < 1.29 is 18.9 Å². The Hall–Kier alpha value is -0.940. The highest BCUT2D eigenvalue weighted by atomic mass is 16.7. The zero-order valence-corrected chi connectivity index (χ0v) is 10.8. The lowest BCUT2D eigenvalue weighted by molar-refractivity contribution is -0.258. The third-order valence-electron chi connectivity index (χ3n) is 2.83. The molecule has 96 valence electrons. The Kier molecular flexibility index (Phi) is 5.58. The van der Waals surface area contributed by atoms with Gasteiger partial charge in [0.25, 0.3) is 0 Å². The lowest BCUT2D eigenvalue weighted by atomic mass is 10.0. The summed E-state index contributed by atoms with van der Waals surface area (Å²) in [5.74, 6) is -0.849. The minimum atomic E-state index is -0.849. The number of ether oxygens (including phenoxy) is 4. The standard InChI is InChI=1S/C13H20O4/c1-14-12(15-2)10-13(16-3,17-4)11-8-6-5-7-9-11/h5-9,12H,10H2,1-4H3. The van der Waals surface area contributed by atoms with Crippen molar-refractivity contribution in [2.24, 2.45) is 0 Å². The summed E-state index contributed by atoms with van der Waals surface area (Å²) >= 11 is 0. The summed E-state index contributed by atoms with van der Waals surface area (Å²) in [7, 11) is 6.40. The lowest BCUT2D eigenvalue weighted by Gasteiger charge is -2.33. The Balaban J connectivity index is 2.96. The minimum absolute atomic E-state index is 0.380. The predicted molar refractivity (Wildman–Crippen MR) is 64.6 cm³/mol. The molecule has 0 aromatic heterocycles. The van der Waals surface area contributed by atoms with E-state index in [4.69, 9.17) is 18.9 Å². The summed E-state index contributed by atoms with van der Waals surface area (Å²) < 4.78 is 21.4. The Morgan fingerprint density at radius 1 is 0.941 bits per heavy atom. The van der Waals surface area contributed by atoms with E-state index in [2.05, 4.69) is 0 Å². The summed E-state index contributed by atoms with van der Waals surface area (Å²) in [6, 6.07) is 9.74. The summed E-state index contributed by atoms with van der Waals surface area (Å²) in [6.45, 7) is 0. The topological polar surface area (TPSA) is 36.9 Å². The van der Waals surface area contributed by atoms with Crippen LogP contribution >= 0.6 is 0 Å². The number of benzene rings is 1. The molecule has 0 N–H and O–H groups in total. The summed E-state index contributed by atoms with van der Waals surface area (Å²) in [4.78, 5) is 0. The number of hydrogen-bond acceptors (Lipinski definition) is 4. The maximum Gasteiger partial charge on any atom is 0.199 e. The molecule has 17 heavy (non-hydrogen) atoms. The normalized spacial score (nSPS) is 12.1. The largest absolute Gasteiger partial charge is 0.356 e. The van der Waals surface area contributed by atoms with Crippen molar-refractivity contribution in [3.63, 3.8) is 0 Å². The fraction of sp³-hybridized carbons (Fsp3) is 0.538. The van der Waals surface area contributed by atoms with Gasteiger partial charge in [0.05, 0.1) is 6.42 Å². The van der Waals surface area contributed by atoms with Gasteiger partial charge in [-0.15, -0.1) is 0 Å². The van der Waals surface area contributed by atoms with Gasteiger partial charge in [-0.05, 0) is 0 Å². The van der Waals surface area contributed by atoms with Crippen LogP contribution < -0.4 is 0 Å². The average molecular weight is 240 g/mol. The quantitative estimate of drug-likeness (QED) is 0.684. The van der Waals surface area contributed by atoms with Crippen LogP contribution in [0.3, 0.4) is 0 Å². The molecule has 0 bridgehead atoms. The van der Waals surface area contributed by atoms with Gasteiger partial charge >= 0.3 is 0 Å². The summed E-state index contributed by atoms with van der Waals surface area (Å²) in [5.41, 5.74) is 0.934. The first-order valence-corrected chi connectivity index (χ1v) is 5.44. The van der Waals surface area contributed by atoms with Crippen molar-refractivity contribution in [2.45, 2.75) is 18.5 Å². The molecular formula is C13H20O4. The third-order valence-corrected chi connectivity index (χ3v) is 2.83. The van der Waals surface area contributed by atoms with Crippen LogP contribution in [0.15, 0.2) is 30.3 Å². The van der Waals surface area contributed by atoms with Gasteiger partial charge in [0.15, 0.2) is 12.1 Å². The van der Waals surface area contributed by atoms with Gasteiger partial charge in [0.1, 0.15) is 0 Å². The Morgan fingerprint density at radius 2 is 1.47 bits per heavy atom. The van der Waals surface area contributed by atoms with Gasteiger partial charge in [-0.2, -0.15) is 0 Å². The fourth-order valence-electron chi connectivity index (χ4n) is 1.78. The van der Waals surface area contributed by atoms with Crippen molar-refractivity contribution in [3.8, 4) is 0 Å². The van der Waals surface area contributed by atoms with Crippen molar-refractivity contribution in [2.75, 3.05) is 28.4 Å². The molecule has 1 rings (SSSR count). The van der Waals surface area contributed by atoms with Gasteiger partial charge in [0, 0.05) is 34.0 Å². The molecule has 1 aromatic carbocycles. The summed E-state index contributed by atoms with van der Waals surface area (Å²) in [5, 5.41) is 0. The molecule has 4 heteroatoms. The Morgan fingerprint density at radius 3 is 1.88 bits per heavy atom. The van der Waals surface area contributed by atoms with Crippen LogP contribution in [0.1, 0.15) is 12.0 Å². The number of hydrogen-bond donors (Lipinski definition) is 0. The van der Waals surface area contributed by atoms with Crippen LogP contribution in [-0.2, 0) is 24.7 Å². The molecule has 0 saturated carbocycles. The maximum absolute atomic E-state index is 5.53. The number of rotatable bonds is 7. The summed E-state index contributed by atoms with van der Waals surface area (Å²) in [6.07, 6.45) is 0.0758. The molecule has 0 aliphatic heterocycles. The van der Waals surface area contributed by atoms with E-state index in [0.29, 0.717) is 6.42 Å². The molecular weight excluding hydrogens is 220 g/mol. The average Bonchev–Trinajstić information content (AvgIpc) is 2.42. The fourth-order valence-corrected chi connectivity index (χ4v) is 1.78. The van der Waals surface area contributed by atoms with E-state index in [9.17, 15) is 0 Å². The number of methoxy groups -OCH3 is 4. The molecule has 0 amide bonds. The van der Waals surface area contributed by atoms with E-state index in [1.165, 1.54) is 0 Å². The SMILES string of the molecule is COC(CC(OC)(OC)c1ccccc1)OC. The van der Waals surface area contributed by atoms with Crippen molar-refractivity contribution in [1.29, 1.82) is 0 Å². The predicted octanol–water partition coefficient (Wildman–Crippen LogP) is 2.14. The van der Waals surface area contributed by atoms with Crippen LogP contribution in [0.2, 0.25) is 0 Å². The molecule has 0 heterocycles. The first kappa shape index (κ1) is 14.1. The second-order valence-corrected chi connectivity index (χ2v) is 3.63. The lowest BCUT2D eigenvalue weighted by Crippen LogP contribution is -2.36. The van der Waals surface area contributed by atoms with E-state index in [-0.39, 0.29) is 6.29 Å². The first-order chi connectivity index (χ1) is 8.22. The Bertz CT molecular complexity index is 304. The zero-order valence-electron chi connectivity index (χ0n) is 10.8. The molecule has 0 radical (unpaired) electrons. The highest BCUT2D eigenvalue weighted by Crippen LogP contribution is 2.31. The third kappa shape index (κ3) is 3.26. The van der Waals surface area contributed by atoms with Crippen LogP contribution in [-0.4, -0.2) is 34.7 Å². The van der Waals surface area contributed by atoms with Gasteiger partial charge in [0.2, 0.25) is 0 Å². The van der Waals surface area contributed by atoms with E-state index in [1.54, 1.807) is 28.4 Å². The molecule has 0 saturated heterocycles. The van der Waals surface area contributed by atoms with Gasteiger partial charge in [-0.25, -0.2) is 0 Å². The van der Waals surface area contributed by atoms with Crippen LogP contribution in [0.25, 0.3) is 0 Å². The first-order valence-electron chi connectivity index (χ1n) is 5.44. The van der Waals surface area contributed by atoms with Crippen LogP contribution in [0.4, 0.5) is 0 Å². The van der Waals surface area contributed by atoms with Crippen molar-refractivity contribution in [3.05, 3.63) is 35.9 Å². The molecule has 0 atom stereocenters. The molecule has 0 aliphatic rings. The smallest absolute Gasteiger partial charge is 0.199 e. The van der Waals surface area contributed by atoms with Crippen LogP contribution in [0.5, 0.6) is 0 Å². The van der Waals surface area contributed by atoms with Crippen molar-refractivity contribution in [1.82, 2.24) is 0 Å². The van der Waals surface area contributed by atoms with E-state index in [1.807, 2.05) is 30.3 Å². The maximum atomic E-state index is 5.53. The van der Waals surface area contributed by atoms with E-state index in [0.717, 1.165) is 5.56 Å². The minimum Gasteiger partial charge on any atom is -0.356 e. The molecule has 0 aliphatic carbocycles. The van der Waals surface area contributed by atoms with E-state index >= 15 is 0 Å². The highest BCUT2D eigenvalue weighted by molar-refractivity contribution is 5.20.